The SMILES string of the molecule is COc1cc(C(C)=O)ccc1-c1cc2nccc(-c3ccc(NC4CCOCC4)c(C#N)c3)c2o1. The molecule has 0 saturated carbocycles. The van der Waals surface area contributed by atoms with E-state index in [1.165, 1.54) is 6.92 Å². The Morgan fingerprint density at radius 1 is 1.11 bits per heavy atom. The largest absolute Gasteiger partial charge is 0.496 e. The van der Waals surface area contributed by atoms with Gasteiger partial charge in [-0.05, 0) is 55.7 Å². The van der Waals surface area contributed by atoms with Crippen LogP contribution in [0, 0.1) is 11.3 Å². The van der Waals surface area contributed by atoms with Gasteiger partial charge in [0, 0.05) is 42.6 Å². The Hall–Kier alpha value is -4.15. The zero-order valence-electron chi connectivity index (χ0n) is 19.6. The summed E-state index contributed by atoms with van der Waals surface area (Å²) in [7, 11) is 1.56. The molecule has 0 atom stereocenters. The number of nitrogens with one attached hydrogen (secondary N) is 1. The van der Waals surface area contributed by atoms with Crippen LogP contribution < -0.4 is 10.1 Å². The zero-order chi connectivity index (χ0) is 24.4. The number of nitrogens with zero attached hydrogens (tertiary/aromatic N) is 2. The van der Waals surface area contributed by atoms with Crippen molar-refractivity contribution in [2.45, 2.75) is 25.8 Å². The van der Waals surface area contributed by atoms with Crippen molar-refractivity contribution in [1.29, 1.82) is 5.26 Å². The standard InChI is InChI=1S/C28H25N3O4/c1-17(32)18-3-5-23(26(14-18)33-2)27-15-25-28(35-27)22(7-10-30-25)19-4-6-24(20(13-19)16-29)31-21-8-11-34-12-9-21/h3-7,10,13-15,21,31H,8-9,11-12H2,1-2H3. The number of ketones is 1. The highest BCUT2D eigenvalue weighted by atomic mass is 16.5. The number of Topliss-reactive ketones (excluding diaryl/α,β-unsaturated/α-hetero) is 1. The number of rotatable bonds is 6. The number of aromatic nitrogens is 1. The van der Waals surface area contributed by atoms with Crippen LogP contribution in [-0.4, -0.2) is 37.1 Å². The molecule has 2 aromatic heterocycles. The van der Waals surface area contributed by atoms with Gasteiger partial charge in [0.25, 0.3) is 0 Å². The maximum absolute atomic E-state index is 11.8. The molecule has 7 nitrogen and oxygen atoms in total. The smallest absolute Gasteiger partial charge is 0.161 e. The molecule has 5 rings (SSSR count). The zero-order valence-corrected chi connectivity index (χ0v) is 19.6. The fourth-order valence-electron chi connectivity index (χ4n) is 4.40. The summed E-state index contributed by atoms with van der Waals surface area (Å²) in [5.74, 6) is 1.10. The molecule has 0 spiro atoms. The molecule has 1 fully saturated rings. The van der Waals surface area contributed by atoms with Gasteiger partial charge in [-0.1, -0.05) is 12.1 Å². The first-order valence-electron chi connectivity index (χ1n) is 11.5. The highest BCUT2D eigenvalue weighted by Gasteiger charge is 2.18. The van der Waals surface area contributed by atoms with Gasteiger partial charge < -0.3 is 19.2 Å². The summed E-state index contributed by atoms with van der Waals surface area (Å²) in [5, 5.41) is 13.3. The molecule has 7 heteroatoms. The minimum atomic E-state index is -0.0357. The molecule has 1 saturated heterocycles. The first-order valence-corrected chi connectivity index (χ1v) is 11.5. The Kier molecular flexibility index (Phi) is 6.21. The van der Waals surface area contributed by atoms with Crippen LogP contribution in [0.25, 0.3) is 33.6 Å². The van der Waals surface area contributed by atoms with Crippen LogP contribution in [0.15, 0.2) is 59.1 Å². The normalized spacial score (nSPS) is 14.0. The van der Waals surface area contributed by atoms with E-state index < -0.39 is 0 Å². The van der Waals surface area contributed by atoms with Gasteiger partial charge in [0.2, 0.25) is 0 Å². The Labute approximate surface area is 203 Å². The number of anilines is 1. The average molecular weight is 468 g/mol. The minimum absolute atomic E-state index is 0.0357. The maximum Gasteiger partial charge on any atom is 0.161 e. The summed E-state index contributed by atoms with van der Waals surface area (Å²) >= 11 is 0. The lowest BCUT2D eigenvalue weighted by Crippen LogP contribution is -2.28. The predicted octanol–water partition coefficient (Wildman–Crippen LogP) is 5.84. The highest BCUT2D eigenvalue weighted by molar-refractivity contribution is 5.96. The Bertz CT molecular complexity index is 1440. The molecular formula is C28H25N3O4. The van der Waals surface area contributed by atoms with Crippen molar-refractivity contribution in [3.63, 3.8) is 0 Å². The van der Waals surface area contributed by atoms with E-state index >= 15 is 0 Å². The third-order valence-corrected chi connectivity index (χ3v) is 6.32. The lowest BCUT2D eigenvalue weighted by molar-refractivity contribution is 0.0904. The van der Waals surface area contributed by atoms with E-state index in [-0.39, 0.29) is 5.78 Å². The second-order valence-corrected chi connectivity index (χ2v) is 8.56. The number of hydrogen-bond donors (Lipinski definition) is 1. The average Bonchev–Trinajstić information content (AvgIpc) is 3.33. The van der Waals surface area contributed by atoms with Crippen molar-refractivity contribution in [2.24, 2.45) is 0 Å². The first-order chi connectivity index (χ1) is 17.1. The predicted molar refractivity (Wildman–Crippen MR) is 134 cm³/mol. The first kappa shape index (κ1) is 22.6. The van der Waals surface area contributed by atoms with E-state index in [1.807, 2.05) is 36.4 Å². The summed E-state index contributed by atoms with van der Waals surface area (Å²) in [6.45, 7) is 2.98. The van der Waals surface area contributed by atoms with E-state index in [2.05, 4.69) is 16.4 Å². The lowest BCUT2D eigenvalue weighted by Gasteiger charge is -2.24. The van der Waals surface area contributed by atoms with Crippen molar-refractivity contribution in [2.75, 3.05) is 25.6 Å². The van der Waals surface area contributed by atoms with Crippen molar-refractivity contribution in [1.82, 2.24) is 4.98 Å². The second-order valence-electron chi connectivity index (χ2n) is 8.56. The van der Waals surface area contributed by atoms with Gasteiger partial charge in [0.1, 0.15) is 23.1 Å². The number of furan rings is 1. The summed E-state index contributed by atoms with van der Waals surface area (Å²) in [5.41, 5.74) is 5.72. The Morgan fingerprint density at radius 3 is 2.69 bits per heavy atom. The topological polar surface area (TPSA) is 97.4 Å². The van der Waals surface area contributed by atoms with Gasteiger partial charge in [-0.25, -0.2) is 0 Å². The summed E-state index contributed by atoms with van der Waals surface area (Å²) in [6, 6.07) is 17.5. The third kappa shape index (κ3) is 4.48. The number of pyridine rings is 1. The molecule has 0 amide bonds. The molecule has 3 heterocycles. The molecule has 176 valence electrons. The number of ether oxygens (including phenoxy) is 2. The summed E-state index contributed by atoms with van der Waals surface area (Å²) in [4.78, 5) is 16.2. The van der Waals surface area contributed by atoms with Crippen molar-refractivity contribution in [3.05, 3.63) is 65.9 Å². The van der Waals surface area contributed by atoms with Crippen LogP contribution in [0.5, 0.6) is 5.75 Å². The quantitative estimate of drug-likeness (QED) is 0.356. The molecule has 0 unspecified atom stereocenters. The van der Waals surface area contributed by atoms with Gasteiger partial charge in [0.05, 0.1) is 23.9 Å². The van der Waals surface area contributed by atoms with E-state index in [0.717, 1.165) is 48.4 Å². The number of nitriles is 1. The molecule has 1 aliphatic heterocycles. The number of carbonyl (C=O) groups is 1. The van der Waals surface area contributed by atoms with Gasteiger partial charge >= 0.3 is 0 Å². The van der Waals surface area contributed by atoms with Crippen molar-refractivity contribution >= 4 is 22.6 Å². The fraction of sp³-hybridized carbons (Fsp3) is 0.250. The Morgan fingerprint density at radius 2 is 1.94 bits per heavy atom. The second kappa shape index (κ2) is 9.61. The van der Waals surface area contributed by atoms with Gasteiger partial charge in [-0.2, -0.15) is 5.26 Å². The molecule has 0 aliphatic carbocycles. The summed E-state index contributed by atoms with van der Waals surface area (Å²) < 4.78 is 17.2. The number of carbonyl (C=O) groups excluding carboxylic acids is 1. The Balaban J connectivity index is 1.53. The number of fused-ring (bicyclic) bond motifs is 1. The highest BCUT2D eigenvalue weighted by Crippen LogP contribution is 2.38. The van der Waals surface area contributed by atoms with Crippen LogP contribution >= 0.6 is 0 Å². The monoisotopic (exact) mass is 467 g/mol. The van der Waals surface area contributed by atoms with Crippen LogP contribution in [0.4, 0.5) is 5.69 Å². The van der Waals surface area contributed by atoms with Crippen molar-refractivity contribution < 1.29 is 18.7 Å². The third-order valence-electron chi connectivity index (χ3n) is 6.32. The molecule has 35 heavy (non-hydrogen) atoms. The number of hydrogen-bond acceptors (Lipinski definition) is 7. The minimum Gasteiger partial charge on any atom is -0.496 e. The van der Waals surface area contributed by atoms with Crippen LogP contribution in [0.2, 0.25) is 0 Å². The van der Waals surface area contributed by atoms with Crippen LogP contribution in [-0.2, 0) is 4.74 Å². The van der Waals surface area contributed by atoms with E-state index in [0.29, 0.717) is 39.8 Å². The van der Waals surface area contributed by atoms with Gasteiger partial charge in [-0.3, -0.25) is 9.78 Å². The maximum atomic E-state index is 11.8. The molecule has 4 aromatic rings. The fourth-order valence-corrected chi connectivity index (χ4v) is 4.40. The molecular weight excluding hydrogens is 442 g/mol. The van der Waals surface area contributed by atoms with Crippen LogP contribution in [0.3, 0.4) is 0 Å². The molecule has 1 aliphatic rings. The van der Waals surface area contributed by atoms with Crippen LogP contribution in [0.1, 0.15) is 35.7 Å². The van der Waals surface area contributed by atoms with Gasteiger partial charge in [-0.15, -0.1) is 0 Å². The van der Waals surface area contributed by atoms with E-state index in [4.69, 9.17) is 13.9 Å². The number of benzene rings is 2. The molecule has 0 radical (unpaired) electrons. The molecule has 0 bridgehead atoms. The lowest BCUT2D eigenvalue weighted by atomic mass is 10.0. The molecule has 1 N–H and O–H groups in total. The van der Waals surface area contributed by atoms with Gasteiger partial charge in [0.15, 0.2) is 11.4 Å². The number of methoxy groups -OCH3 is 1. The summed E-state index contributed by atoms with van der Waals surface area (Å²) in [6.07, 6.45) is 3.57. The van der Waals surface area contributed by atoms with E-state index in [9.17, 15) is 10.1 Å². The van der Waals surface area contributed by atoms with Crippen molar-refractivity contribution in [3.8, 4) is 34.3 Å². The van der Waals surface area contributed by atoms with E-state index in [1.54, 1.807) is 25.4 Å². The molecule has 2 aromatic carbocycles.